The molecule has 0 saturated heterocycles. The molecule has 3 aromatic rings. The van der Waals surface area contributed by atoms with Gasteiger partial charge in [-0.05, 0) is 36.4 Å². The minimum atomic E-state index is -0.174. The minimum absolute atomic E-state index is 0.174. The highest BCUT2D eigenvalue weighted by Crippen LogP contribution is 2.24. The molecule has 5 heteroatoms. The molecule has 0 radical (unpaired) electrons. The van der Waals surface area contributed by atoms with Crippen LogP contribution in [0.5, 0.6) is 0 Å². The van der Waals surface area contributed by atoms with Crippen molar-refractivity contribution in [2.45, 2.75) is 6.54 Å². The Morgan fingerprint density at radius 1 is 1.14 bits per heavy atom. The van der Waals surface area contributed by atoms with Gasteiger partial charge in [0.2, 0.25) is 0 Å². The van der Waals surface area contributed by atoms with Crippen LogP contribution in [0.15, 0.2) is 68.1 Å². The molecular weight excluding hydrogens is 346 g/mol. The van der Waals surface area contributed by atoms with Gasteiger partial charge in [0.15, 0.2) is 5.76 Å². The van der Waals surface area contributed by atoms with Crippen LogP contribution >= 0.6 is 15.9 Å². The minimum Gasteiger partial charge on any atom is -0.459 e. The topological polar surface area (TPSA) is 46.6 Å². The fraction of sp³-hybridized carbons (Fsp3) is 0.118. The second kappa shape index (κ2) is 6.23. The van der Waals surface area contributed by atoms with Gasteiger partial charge in [-0.3, -0.25) is 4.79 Å². The number of hydrogen-bond acceptors (Lipinski definition) is 3. The largest absolute Gasteiger partial charge is 0.459 e. The first-order chi connectivity index (χ1) is 10.6. The lowest BCUT2D eigenvalue weighted by molar-refractivity contribution is 0.0744. The van der Waals surface area contributed by atoms with Crippen LogP contribution in [0.2, 0.25) is 0 Å². The maximum atomic E-state index is 12.1. The summed E-state index contributed by atoms with van der Waals surface area (Å²) in [7, 11) is 1.71. The van der Waals surface area contributed by atoms with Crippen molar-refractivity contribution in [1.29, 1.82) is 0 Å². The van der Waals surface area contributed by atoms with Crippen molar-refractivity contribution in [3.8, 4) is 11.3 Å². The maximum Gasteiger partial charge on any atom is 0.289 e. The molecule has 0 aliphatic carbocycles. The SMILES string of the molecule is CN(Cc1ccc(-c2ccc(Br)cc2)o1)C(=O)c1ccco1. The Hall–Kier alpha value is -2.27. The van der Waals surface area contributed by atoms with E-state index in [-0.39, 0.29) is 5.91 Å². The number of carbonyl (C=O) groups is 1. The molecule has 1 aromatic carbocycles. The monoisotopic (exact) mass is 359 g/mol. The standard InChI is InChI=1S/C17H14BrNO3/c1-19(17(20)16-3-2-10-21-16)11-14-8-9-15(22-14)12-4-6-13(18)7-5-12/h2-10H,11H2,1H3. The summed E-state index contributed by atoms with van der Waals surface area (Å²) in [5, 5.41) is 0. The average Bonchev–Trinajstić information content (AvgIpc) is 3.18. The summed E-state index contributed by atoms with van der Waals surface area (Å²) in [5.74, 6) is 1.65. The van der Waals surface area contributed by atoms with Crippen LogP contribution in [-0.2, 0) is 6.54 Å². The van der Waals surface area contributed by atoms with Gasteiger partial charge in [0, 0.05) is 17.1 Å². The number of benzene rings is 1. The van der Waals surface area contributed by atoms with Crippen LogP contribution in [0.3, 0.4) is 0 Å². The number of furan rings is 2. The van der Waals surface area contributed by atoms with E-state index in [4.69, 9.17) is 8.83 Å². The summed E-state index contributed by atoms with van der Waals surface area (Å²) in [4.78, 5) is 13.7. The second-order valence-corrected chi connectivity index (χ2v) is 5.83. The second-order valence-electron chi connectivity index (χ2n) is 4.91. The van der Waals surface area contributed by atoms with Gasteiger partial charge in [-0.2, -0.15) is 0 Å². The molecule has 0 spiro atoms. The zero-order valence-electron chi connectivity index (χ0n) is 12.0. The number of rotatable bonds is 4. The molecular formula is C17H14BrNO3. The molecule has 22 heavy (non-hydrogen) atoms. The van der Waals surface area contributed by atoms with Crippen LogP contribution in [0.1, 0.15) is 16.3 Å². The fourth-order valence-electron chi connectivity index (χ4n) is 2.13. The summed E-state index contributed by atoms with van der Waals surface area (Å²) >= 11 is 3.41. The van der Waals surface area contributed by atoms with Gasteiger partial charge < -0.3 is 13.7 Å². The number of halogens is 1. The molecule has 0 unspecified atom stereocenters. The lowest BCUT2D eigenvalue weighted by Crippen LogP contribution is -2.25. The summed E-state index contributed by atoms with van der Waals surface area (Å²) in [6.07, 6.45) is 1.49. The summed E-state index contributed by atoms with van der Waals surface area (Å²) in [5.41, 5.74) is 0.995. The van der Waals surface area contributed by atoms with E-state index < -0.39 is 0 Å². The average molecular weight is 360 g/mol. The van der Waals surface area contributed by atoms with Gasteiger partial charge in [0.1, 0.15) is 11.5 Å². The molecule has 0 aliphatic rings. The highest BCUT2D eigenvalue weighted by molar-refractivity contribution is 9.10. The van der Waals surface area contributed by atoms with E-state index in [1.54, 1.807) is 24.1 Å². The van der Waals surface area contributed by atoms with Crippen LogP contribution in [0.4, 0.5) is 0 Å². The molecule has 112 valence electrons. The first kappa shape index (κ1) is 14.7. The lowest BCUT2D eigenvalue weighted by atomic mass is 10.2. The quantitative estimate of drug-likeness (QED) is 0.685. The Balaban J connectivity index is 1.71. The van der Waals surface area contributed by atoms with Gasteiger partial charge in [-0.15, -0.1) is 0 Å². The van der Waals surface area contributed by atoms with Gasteiger partial charge in [-0.1, -0.05) is 28.1 Å². The van der Waals surface area contributed by atoms with Crippen LogP contribution in [0.25, 0.3) is 11.3 Å². The molecule has 2 heterocycles. The molecule has 0 N–H and O–H groups in total. The molecule has 3 rings (SSSR count). The van der Waals surface area contributed by atoms with E-state index in [1.807, 2.05) is 36.4 Å². The molecule has 0 atom stereocenters. The number of hydrogen-bond donors (Lipinski definition) is 0. The number of amides is 1. The number of nitrogens with zero attached hydrogens (tertiary/aromatic N) is 1. The Morgan fingerprint density at radius 2 is 1.91 bits per heavy atom. The Morgan fingerprint density at radius 3 is 2.59 bits per heavy atom. The maximum absolute atomic E-state index is 12.1. The third kappa shape index (κ3) is 3.14. The van der Waals surface area contributed by atoms with E-state index in [9.17, 15) is 4.79 Å². The molecule has 0 bridgehead atoms. The van der Waals surface area contributed by atoms with Crippen molar-refractivity contribution in [2.75, 3.05) is 7.05 Å². The fourth-order valence-corrected chi connectivity index (χ4v) is 2.39. The zero-order valence-corrected chi connectivity index (χ0v) is 13.5. The van der Waals surface area contributed by atoms with Gasteiger partial charge in [-0.25, -0.2) is 0 Å². The molecule has 0 saturated carbocycles. The van der Waals surface area contributed by atoms with E-state index in [1.165, 1.54) is 6.26 Å². The first-order valence-electron chi connectivity index (χ1n) is 6.77. The zero-order chi connectivity index (χ0) is 15.5. The molecule has 1 amide bonds. The van der Waals surface area contributed by atoms with Crippen molar-refractivity contribution >= 4 is 21.8 Å². The smallest absolute Gasteiger partial charge is 0.289 e. The van der Waals surface area contributed by atoms with E-state index >= 15 is 0 Å². The normalized spacial score (nSPS) is 10.6. The van der Waals surface area contributed by atoms with Gasteiger partial charge in [0.05, 0.1) is 12.8 Å². The van der Waals surface area contributed by atoms with Crippen molar-refractivity contribution in [3.63, 3.8) is 0 Å². The van der Waals surface area contributed by atoms with Gasteiger partial charge >= 0.3 is 0 Å². The van der Waals surface area contributed by atoms with E-state index in [0.717, 1.165) is 21.6 Å². The lowest BCUT2D eigenvalue weighted by Gasteiger charge is -2.13. The highest BCUT2D eigenvalue weighted by Gasteiger charge is 2.16. The summed E-state index contributed by atoms with van der Waals surface area (Å²) in [6.45, 7) is 0.385. The van der Waals surface area contributed by atoms with Crippen molar-refractivity contribution < 1.29 is 13.6 Å². The predicted octanol–water partition coefficient (Wildman–Crippen LogP) is 4.57. The van der Waals surface area contributed by atoms with Crippen molar-refractivity contribution in [3.05, 3.63) is 70.8 Å². The summed E-state index contributed by atoms with van der Waals surface area (Å²) < 4.78 is 11.9. The first-order valence-corrected chi connectivity index (χ1v) is 7.56. The Kier molecular flexibility index (Phi) is 4.15. The van der Waals surface area contributed by atoms with Crippen LogP contribution in [0, 0.1) is 0 Å². The van der Waals surface area contributed by atoms with E-state index in [0.29, 0.717) is 12.3 Å². The predicted molar refractivity (Wildman–Crippen MR) is 86.3 cm³/mol. The van der Waals surface area contributed by atoms with E-state index in [2.05, 4.69) is 15.9 Å². The van der Waals surface area contributed by atoms with Crippen molar-refractivity contribution in [2.24, 2.45) is 0 Å². The molecule has 0 aliphatic heterocycles. The third-order valence-electron chi connectivity index (χ3n) is 3.26. The number of carbonyl (C=O) groups excluding carboxylic acids is 1. The molecule has 2 aromatic heterocycles. The Labute approximate surface area is 136 Å². The molecule has 0 fully saturated rings. The van der Waals surface area contributed by atoms with Crippen LogP contribution in [-0.4, -0.2) is 17.9 Å². The molecule has 4 nitrogen and oxygen atoms in total. The van der Waals surface area contributed by atoms with Crippen molar-refractivity contribution in [1.82, 2.24) is 4.90 Å². The van der Waals surface area contributed by atoms with Crippen LogP contribution < -0.4 is 0 Å². The highest BCUT2D eigenvalue weighted by atomic mass is 79.9. The van der Waals surface area contributed by atoms with Gasteiger partial charge in [0.25, 0.3) is 5.91 Å². The Bertz CT molecular complexity index is 760. The third-order valence-corrected chi connectivity index (χ3v) is 3.79. The summed E-state index contributed by atoms with van der Waals surface area (Å²) in [6, 6.07) is 15.0.